The average molecular weight is 491 g/mol. The molecule has 0 unspecified atom stereocenters. The Labute approximate surface area is 203 Å². The van der Waals surface area contributed by atoms with Crippen LogP contribution >= 0.6 is 0 Å². The van der Waals surface area contributed by atoms with E-state index >= 15 is 4.39 Å². The normalized spacial score (nSPS) is 15.4. The summed E-state index contributed by atoms with van der Waals surface area (Å²) in [6.07, 6.45) is 1.49. The summed E-state index contributed by atoms with van der Waals surface area (Å²) < 4.78 is 53.8. The standard InChI is InChI=1S/C26H20F3N5O2/c1-14-30-25(33-32-14)16-8-6-15(7-9-16)18-13-34-22(12-19(18)27)31-20-10-11-35-24(23(20)34)17-4-2-3-5-21(17)36-26(28)29/h2-9,12-13,24,26H,10-11H2,1H3,(H,30,32,33)/t24-/m1/s1. The second-order valence-electron chi connectivity index (χ2n) is 8.45. The summed E-state index contributed by atoms with van der Waals surface area (Å²) in [5, 5.41) is 6.96. The van der Waals surface area contributed by atoms with Crippen LogP contribution in [0.1, 0.15) is 28.9 Å². The van der Waals surface area contributed by atoms with E-state index in [0.29, 0.717) is 52.7 Å². The molecule has 0 radical (unpaired) electrons. The first-order chi connectivity index (χ1) is 17.5. The summed E-state index contributed by atoms with van der Waals surface area (Å²) in [5.74, 6) is 0.863. The number of aryl methyl sites for hydroxylation is 1. The van der Waals surface area contributed by atoms with Gasteiger partial charge in [0.1, 0.15) is 29.1 Å². The van der Waals surface area contributed by atoms with Gasteiger partial charge in [-0.2, -0.15) is 13.9 Å². The molecule has 1 aliphatic rings. The van der Waals surface area contributed by atoms with E-state index in [9.17, 15) is 8.78 Å². The molecule has 0 aliphatic carbocycles. The summed E-state index contributed by atoms with van der Waals surface area (Å²) in [6, 6.07) is 15.1. The van der Waals surface area contributed by atoms with Gasteiger partial charge in [-0.15, -0.1) is 0 Å². The molecule has 5 aromatic rings. The lowest BCUT2D eigenvalue weighted by Gasteiger charge is -2.25. The molecule has 0 saturated heterocycles. The Balaban J connectivity index is 1.44. The number of benzene rings is 2. The number of imidazole rings is 1. The Bertz CT molecular complexity index is 1560. The summed E-state index contributed by atoms with van der Waals surface area (Å²) in [6.45, 7) is -0.807. The number of para-hydroxylation sites is 1. The lowest BCUT2D eigenvalue weighted by atomic mass is 10.0. The number of pyridine rings is 1. The minimum Gasteiger partial charge on any atom is -0.434 e. The van der Waals surface area contributed by atoms with Crippen LogP contribution in [0.2, 0.25) is 0 Å². The molecule has 0 amide bonds. The fraction of sp³-hybridized carbons (Fsp3) is 0.192. The number of alkyl halides is 2. The number of nitrogens with zero attached hydrogens (tertiary/aromatic N) is 4. The van der Waals surface area contributed by atoms with Crippen molar-refractivity contribution in [1.29, 1.82) is 0 Å². The van der Waals surface area contributed by atoms with Gasteiger partial charge in [0.25, 0.3) is 0 Å². The third-order valence-electron chi connectivity index (χ3n) is 6.16. The van der Waals surface area contributed by atoms with E-state index in [-0.39, 0.29) is 5.75 Å². The molecule has 0 bridgehead atoms. The number of halogens is 3. The fourth-order valence-electron chi connectivity index (χ4n) is 4.57. The quantitative estimate of drug-likeness (QED) is 0.352. The molecular weight excluding hydrogens is 471 g/mol. The van der Waals surface area contributed by atoms with Crippen molar-refractivity contribution < 1.29 is 22.6 Å². The van der Waals surface area contributed by atoms with Crippen LogP contribution in [-0.4, -0.2) is 37.8 Å². The van der Waals surface area contributed by atoms with Crippen molar-refractivity contribution in [3.05, 3.63) is 89.4 Å². The molecule has 7 nitrogen and oxygen atoms in total. The van der Waals surface area contributed by atoms with Gasteiger partial charge in [0.15, 0.2) is 5.82 Å². The topological polar surface area (TPSA) is 77.3 Å². The number of rotatable bonds is 5. The number of aromatic amines is 1. The predicted octanol–water partition coefficient (Wildman–Crippen LogP) is 5.50. The van der Waals surface area contributed by atoms with Crippen LogP contribution in [0.25, 0.3) is 28.2 Å². The van der Waals surface area contributed by atoms with Gasteiger partial charge in [-0.25, -0.2) is 14.4 Å². The Hall–Kier alpha value is -4.18. The van der Waals surface area contributed by atoms with Gasteiger partial charge in [-0.05, 0) is 18.6 Å². The molecule has 0 spiro atoms. The summed E-state index contributed by atoms with van der Waals surface area (Å²) in [5.41, 5.74) is 4.08. The van der Waals surface area contributed by atoms with Gasteiger partial charge in [0, 0.05) is 35.4 Å². The van der Waals surface area contributed by atoms with Crippen molar-refractivity contribution in [3.63, 3.8) is 0 Å². The van der Waals surface area contributed by atoms with E-state index in [1.165, 1.54) is 12.1 Å². The van der Waals surface area contributed by atoms with E-state index in [1.807, 2.05) is 19.1 Å². The highest BCUT2D eigenvalue weighted by Crippen LogP contribution is 2.39. The number of H-pyrrole nitrogens is 1. The molecule has 3 aromatic heterocycles. The maximum atomic E-state index is 15.2. The first-order valence-electron chi connectivity index (χ1n) is 11.3. The third kappa shape index (κ3) is 3.89. The summed E-state index contributed by atoms with van der Waals surface area (Å²) in [4.78, 5) is 8.93. The van der Waals surface area contributed by atoms with Crippen LogP contribution in [0.4, 0.5) is 13.2 Å². The van der Waals surface area contributed by atoms with Gasteiger partial charge < -0.3 is 9.47 Å². The van der Waals surface area contributed by atoms with E-state index in [2.05, 4.69) is 20.2 Å². The number of hydrogen-bond acceptors (Lipinski definition) is 5. The Morgan fingerprint density at radius 2 is 1.86 bits per heavy atom. The zero-order valence-corrected chi connectivity index (χ0v) is 19.1. The monoisotopic (exact) mass is 491 g/mol. The average Bonchev–Trinajstić information content (AvgIpc) is 3.46. The molecule has 1 N–H and O–H groups in total. The first kappa shape index (κ1) is 22.3. The molecule has 4 heterocycles. The van der Waals surface area contributed by atoms with Gasteiger partial charge in [0.2, 0.25) is 0 Å². The Morgan fingerprint density at radius 3 is 2.61 bits per heavy atom. The molecule has 6 rings (SSSR count). The molecule has 10 heteroatoms. The van der Waals surface area contributed by atoms with E-state index < -0.39 is 18.5 Å². The van der Waals surface area contributed by atoms with Crippen LogP contribution in [0.5, 0.6) is 5.75 Å². The van der Waals surface area contributed by atoms with Crippen LogP contribution < -0.4 is 4.74 Å². The first-order valence-corrected chi connectivity index (χ1v) is 11.3. The zero-order chi connectivity index (χ0) is 24.8. The van der Waals surface area contributed by atoms with Gasteiger partial charge in [0.05, 0.1) is 18.0 Å². The van der Waals surface area contributed by atoms with Crippen molar-refractivity contribution in [1.82, 2.24) is 24.6 Å². The van der Waals surface area contributed by atoms with Crippen LogP contribution in [0.3, 0.4) is 0 Å². The smallest absolute Gasteiger partial charge is 0.387 e. The van der Waals surface area contributed by atoms with Crippen molar-refractivity contribution in [2.24, 2.45) is 0 Å². The minimum absolute atomic E-state index is 0.0282. The molecule has 2 aromatic carbocycles. The molecule has 0 fully saturated rings. The number of hydrogen-bond donors (Lipinski definition) is 1. The number of aromatic nitrogens is 5. The molecule has 1 atom stereocenters. The molecule has 36 heavy (non-hydrogen) atoms. The largest absolute Gasteiger partial charge is 0.434 e. The number of ether oxygens (including phenoxy) is 2. The fourth-order valence-corrected chi connectivity index (χ4v) is 4.57. The maximum absolute atomic E-state index is 15.2. The van der Waals surface area contributed by atoms with Crippen molar-refractivity contribution in [2.75, 3.05) is 6.61 Å². The van der Waals surface area contributed by atoms with E-state index in [1.54, 1.807) is 40.9 Å². The summed E-state index contributed by atoms with van der Waals surface area (Å²) >= 11 is 0. The van der Waals surface area contributed by atoms with Crippen molar-refractivity contribution >= 4 is 5.65 Å². The zero-order valence-electron chi connectivity index (χ0n) is 19.1. The number of fused-ring (bicyclic) bond motifs is 3. The van der Waals surface area contributed by atoms with Gasteiger partial charge in [-0.3, -0.25) is 9.50 Å². The molecule has 0 saturated carbocycles. The highest BCUT2D eigenvalue weighted by molar-refractivity contribution is 5.69. The second-order valence-corrected chi connectivity index (χ2v) is 8.45. The predicted molar refractivity (Wildman–Crippen MR) is 125 cm³/mol. The Kier molecular flexibility index (Phi) is 5.45. The lowest BCUT2D eigenvalue weighted by Crippen LogP contribution is -2.20. The SMILES string of the molecule is Cc1nc(-c2ccc(-c3cn4c5c(nc4cc3F)CCO[C@@H]5c3ccccc3OC(F)F)cc2)n[nH]1. The van der Waals surface area contributed by atoms with Gasteiger partial charge >= 0.3 is 6.61 Å². The highest BCUT2D eigenvalue weighted by Gasteiger charge is 2.31. The maximum Gasteiger partial charge on any atom is 0.387 e. The van der Waals surface area contributed by atoms with Gasteiger partial charge in [-0.1, -0.05) is 42.5 Å². The van der Waals surface area contributed by atoms with E-state index in [0.717, 1.165) is 11.3 Å². The third-order valence-corrected chi connectivity index (χ3v) is 6.16. The van der Waals surface area contributed by atoms with Crippen LogP contribution in [-0.2, 0) is 11.2 Å². The highest BCUT2D eigenvalue weighted by atomic mass is 19.3. The van der Waals surface area contributed by atoms with Crippen molar-refractivity contribution in [2.45, 2.75) is 26.1 Å². The van der Waals surface area contributed by atoms with E-state index in [4.69, 9.17) is 9.47 Å². The lowest BCUT2D eigenvalue weighted by molar-refractivity contribution is -0.0522. The summed E-state index contributed by atoms with van der Waals surface area (Å²) in [7, 11) is 0. The van der Waals surface area contributed by atoms with Crippen molar-refractivity contribution in [3.8, 4) is 28.3 Å². The molecule has 1 aliphatic heterocycles. The van der Waals surface area contributed by atoms with Crippen LogP contribution in [0.15, 0.2) is 60.8 Å². The van der Waals surface area contributed by atoms with Crippen LogP contribution in [0, 0.1) is 12.7 Å². The Morgan fingerprint density at radius 1 is 1.08 bits per heavy atom. The molecular formula is C26H20F3N5O2. The molecule has 182 valence electrons. The minimum atomic E-state index is -2.97. The second kappa shape index (κ2) is 8.80. The number of nitrogens with one attached hydrogen (secondary N) is 1.